The fourth-order valence-corrected chi connectivity index (χ4v) is 0.804. The van der Waals surface area contributed by atoms with E-state index in [4.69, 9.17) is 5.11 Å². The van der Waals surface area contributed by atoms with Gasteiger partial charge in [0.25, 0.3) is 5.82 Å². The van der Waals surface area contributed by atoms with Gasteiger partial charge in [-0.15, -0.1) is 0 Å². The van der Waals surface area contributed by atoms with E-state index in [1.807, 2.05) is 0 Å². The van der Waals surface area contributed by atoms with Crippen LogP contribution in [0.15, 0.2) is 4.52 Å². The third kappa shape index (κ3) is 2.99. The summed E-state index contributed by atoms with van der Waals surface area (Å²) in [6, 6.07) is 0. The molecular formula is C7H9F3N2O2. The maximum atomic E-state index is 12.0. The molecule has 1 aromatic rings. The predicted molar refractivity (Wildman–Crippen MR) is 39.3 cm³/mol. The van der Waals surface area contributed by atoms with E-state index >= 15 is 0 Å². The second kappa shape index (κ2) is 3.95. The molecule has 0 aliphatic rings. The summed E-state index contributed by atoms with van der Waals surface area (Å²) in [5.74, 6) is -1.39. The van der Waals surface area contributed by atoms with E-state index in [-0.39, 0.29) is 12.3 Å². The average Bonchev–Trinajstić information content (AvgIpc) is 2.47. The highest BCUT2D eigenvalue weighted by Gasteiger charge is 2.37. The van der Waals surface area contributed by atoms with Crippen molar-refractivity contribution in [2.45, 2.75) is 32.0 Å². The molecule has 80 valence electrons. The predicted octanol–water partition coefficient (Wildman–Crippen LogP) is 1.40. The minimum absolute atomic E-state index is 0.113. The maximum absolute atomic E-state index is 12.0. The molecule has 4 nitrogen and oxygen atoms in total. The molecular weight excluding hydrogens is 201 g/mol. The van der Waals surface area contributed by atoms with E-state index in [9.17, 15) is 13.2 Å². The van der Waals surface area contributed by atoms with Crippen LogP contribution in [0.3, 0.4) is 0 Å². The van der Waals surface area contributed by atoms with Crippen molar-refractivity contribution in [1.82, 2.24) is 10.1 Å². The minimum atomic E-state index is -4.58. The smallest absolute Gasteiger partial charge is 0.393 e. The molecule has 0 saturated carbocycles. The van der Waals surface area contributed by atoms with E-state index < -0.39 is 18.1 Å². The number of rotatable bonds is 3. The van der Waals surface area contributed by atoms with Crippen LogP contribution in [0.25, 0.3) is 0 Å². The number of aromatic nitrogens is 2. The zero-order chi connectivity index (χ0) is 10.8. The Morgan fingerprint density at radius 3 is 2.57 bits per heavy atom. The van der Waals surface area contributed by atoms with Gasteiger partial charge in [0.2, 0.25) is 5.89 Å². The van der Waals surface area contributed by atoms with Gasteiger partial charge >= 0.3 is 6.18 Å². The van der Waals surface area contributed by atoms with Crippen LogP contribution in [0.4, 0.5) is 13.2 Å². The highest BCUT2D eigenvalue weighted by molar-refractivity contribution is 4.90. The Morgan fingerprint density at radius 1 is 1.50 bits per heavy atom. The largest absolute Gasteiger partial charge is 0.455 e. The molecule has 0 aliphatic heterocycles. The van der Waals surface area contributed by atoms with Crippen LogP contribution in [-0.4, -0.2) is 21.4 Å². The van der Waals surface area contributed by atoms with E-state index in [0.29, 0.717) is 6.42 Å². The summed E-state index contributed by atoms with van der Waals surface area (Å²) in [6.07, 6.45) is -4.75. The molecule has 7 heteroatoms. The molecule has 1 aromatic heterocycles. The summed E-state index contributed by atoms with van der Waals surface area (Å²) >= 11 is 0. The van der Waals surface area contributed by atoms with Crippen LogP contribution in [-0.2, 0) is 12.6 Å². The number of alkyl halides is 3. The molecule has 0 fully saturated rings. The lowest BCUT2D eigenvalue weighted by Gasteiger charge is -1.98. The summed E-state index contributed by atoms with van der Waals surface area (Å²) in [7, 11) is 0. The van der Waals surface area contributed by atoms with Crippen LogP contribution in [0.2, 0.25) is 0 Å². The van der Waals surface area contributed by atoms with Gasteiger partial charge in [0.1, 0.15) is 0 Å². The molecule has 14 heavy (non-hydrogen) atoms. The fourth-order valence-electron chi connectivity index (χ4n) is 0.804. The zero-order valence-corrected chi connectivity index (χ0v) is 7.38. The maximum Gasteiger partial charge on any atom is 0.455 e. The second-order valence-corrected chi connectivity index (χ2v) is 2.90. The van der Waals surface area contributed by atoms with Gasteiger partial charge in [-0.1, -0.05) is 5.16 Å². The fraction of sp³-hybridized carbons (Fsp3) is 0.714. The molecule has 0 bridgehead atoms. The summed E-state index contributed by atoms with van der Waals surface area (Å²) in [5, 5.41) is 11.6. The number of hydrogen-bond acceptors (Lipinski definition) is 4. The molecule has 1 heterocycles. The average molecular weight is 210 g/mol. The Morgan fingerprint density at radius 2 is 2.14 bits per heavy atom. The molecule has 1 unspecified atom stereocenters. The first-order valence-corrected chi connectivity index (χ1v) is 3.97. The number of aryl methyl sites for hydroxylation is 1. The number of hydrogen-bond donors (Lipinski definition) is 1. The standard InChI is InChI=1S/C7H9F3N2O2/c1-4(13)2-3-5-11-6(12-14-5)7(8,9)10/h4,13H,2-3H2,1H3. The zero-order valence-electron chi connectivity index (χ0n) is 7.38. The summed E-state index contributed by atoms with van der Waals surface area (Å²) in [6.45, 7) is 1.53. The van der Waals surface area contributed by atoms with Gasteiger partial charge in [-0.2, -0.15) is 18.2 Å². The lowest BCUT2D eigenvalue weighted by molar-refractivity contribution is -0.146. The van der Waals surface area contributed by atoms with Crippen LogP contribution >= 0.6 is 0 Å². The molecule has 1 N–H and O–H groups in total. The van der Waals surface area contributed by atoms with Gasteiger partial charge in [-0.25, -0.2) is 0 Å². The Bertz CT molecular complexity index is 295. The van der Waals surface area contributed by atoms with Crippen molar-refractivity contribution >= 4 is 0 Å². The lowest BCUT2D eigenvalue weighted by atomic mass is 10.2. The van der Waals surface area contributed by atoms with Crippen LogP contribution in [0, 0.1) is 0 Å². The summed E-state index contributed by atoms with van der Waals surface area (Å²) in [5.41, 5.74) is 0. The first kappa shape index (κ1) is 11.0. The van der Waals surface area contributed by atoms with E-state index in [0.717, 1.165) is 0 Å². The third-order valence-corrected chi connectivity index (χ3v) is 1.50. The number of halogens is 3. The number of nitrogens with zero attached hydrogens (tertiary/aromatic N) is 2. The Hall–Kier alpha value is -1.11. The van der Waals surface area contributed by atoms with Gasteiger partial charge in [0.05, 0.1) is 6.10 Å². The first-order valence-electron chi connectivity index (χ1n) is 3.97. The summed E-state index contributed by atoms with van der Waals surface area (Å²) < 4.78 is 40.2. The Balaban J connectivity index is 2.60. The van der Waals surface area contributed by atoms with Crippen molar-refractivity contribution in [3.63, 3.8) is 0 Å². The van der Waals surface area contributed by atoms with Crippen molar-refractivity contribution in [2.75, 3.05) is 0 Å². The molecule has 0 aliphatic carbocycles. The Labute approximate surface area is 77.7 Å². The summed E-state index contributed by atoms with van der Waals surface area (Å²) in [4.78, 5) is 3.14. The van der Waals surface area contributed by atoms with Gasteiger partial charge in [0.15, 0.2) is 0 Å². The van der Waals surface area contributed by atoms with Crippen LogP contribution < -0.4 is 0 Å². The molecule has 0 spiro atoms. The van der Waals surface area contributed by atoms with Crippen molar-refractivity contribution < 1.29 is 22.8 Å². The molecule has 1 rings (SSSR count). The molecule has 1 atom stereocenters. The molecule has 0 saturated heterocycles. The van der Waals surface area contributed by atoms with E-state index in [1.54, 1.807) is 0 Å². The first-order chi connectivity index (χ1) is 6.39. The quantitative estimate of drug-likeness (QED) is 0.819. The lowest BCUT2D eigenvalue weighted by Crippen LogP contribution is -2.07. The van der Waals surface area contributed by atoms with Crippen molar-refractivity contribution in [1.29, 1.82) is 0 Å². The van der Waals surface area contributed by atoms with Gasteiger partial charge in [0, 0.05) is 6.42 Å². The van der Waals surface area contributed by atoms with E-state index in [1.165, 1.54) is 6.92 Å². The van der Waals surface area contributed by atoms with Crippen LogP contribution in [0.5, 0.6) is 0 Å². The molecule has 0 radical (unpaired) electrons. The van der Waals surface area contributed by atoms with E-state index in [2.05, 4.69) is 14.7 Å². The minimum Gasteiger partial charge on any atom is -0.393 e. The topological polar surface area (TPSA) is 59.2 Å². The molecule has 0 amide bonds. The van der Waals surface area contributed by atoms with Gasteiger partial charge < -0.3 is 9.63 Å². The van der Waals surface area contributed by atoms with Crippen molar-refractivity contribution in [2.24, 2.45) is 0 Å². The van der Waals surface area contributed by atoms with Crippen molar-refractivity contribution in [3.8, 4) is 0 Å². The normalized spacial score (nSPS) is 14.4. The van der Waals surface area contributed by atoms with Crippen LogP contribution in [0.1, 0.15) is 25.1 Å². The number of aliphatic hydroxyl groups excluding tert-OH is 1. The van der Waals surface area contributed by atoms with Gasteiger partial charge in [-0.3, -0.25) is 0 Å². The SMILES string of the molecule is CC(O)CCc1nc(C(F)(F)F)no1. The van der Waals surface area contributed by atoms with Gasteiger partial charge in [-0.05, 0) is 13.3 Å². The third-order valence-electron chi connectivity index (χ3n) is 1.50. The Kier molecular flexibility index (Phi) is 3.10. The highest BCUT2D eigenvalue weighted by atomic mass is 19.4. The number of aliphatic hydroxyl groups is 1. The second-order valence-electron chi connectivity index (χ2n) is 2.90. The molecule has 0 aromatic carbocycles. The monoisotopic (exact) mass is 210 g/mol. The van der Waals surface area contributed by atoms with Crippen molar-refractivity contribution in [3.05, 3.63) is 11.7 Å². The highest BCUT2D eigenvalue weighted by Crippen LogP contribution is 2.26.